The van der Waals surface area contributed by atoms with Crippen molar-refractivity contribution in [2.24, 2.45) is 11.3 Å². The van der Waals surface area contributed by atoms with E-state index in [0.29, 0.717) is 19.4 Å². The van der Waals surface area contributed by atoms with E-state index in [1.807, 2.05) is 43.0 Å². The second kappa shape index (κ2) is 9.02. The lowest BCUT2D eigenvalue weighted by Crippen LogP contribution is -2.46. The van der Waals surface area contributed by atoms with Crippen LogP contribution in [0.15, 0.2) is 48.5 Å². The number of carboxylic acids is 1. The molecule has 0 radical (unpaired) electrons. The van der Waals surface area contributed by atoms with E-state index < -0.39 is 23.4 Å². The average Bonchev–Trinajstić information content (AvgIpc) is 3.51. The molecule has 0 aromatic heterocycles. The molecule has 35 heavy (non-hydrogen) atoms. The summed E-state index contributed by atoms with van der Waals surface area (Å²) in [6.07, 6.45) is 2.11. The highest BCUT2D eigenvalue weighted by molar-refractivity contribution is 5.85. The van der Waals surface area contributed by atoms with Crippen molar-refractivity contribution in [3.05, 3.63) is 59.7 Å². The highest BCUT2D eigenvalue weighted by Gasteiger charge is 2.53. The van der Waals surface area contributed by atoms with E-state index in [4.69, 9.17) is 4.74 Å². The van der Waals surface area contributed by atoms with Gasteiger partial charge in [0.05, 0.1) is 5.92 Å². The third-order valence-corrected chi connectivity index (χ3v) is 8.03. The van der Waals surface area contributed by atoms with E-state index in [1.165, 1.54) is 11.1 Å². The Kier molecular flexibility index (Phi) is 6.03. The minimum Gasteiger partial charge on any atom is -0.481 e. The monoisotopic (exact) mass is 476 g/mol. The summed E-state index contributed by atoms with van der Waals surface area (Å²) in [5.74, 6) is -1.31. The van der Waals surface area contributed by atoms with Gasteiger partial charge in [-0.3, -0.25) is 9.59 Å². The van der Waals surface area contributed by atoms with Crippen LogP contribution >= 0.6 is 0 Å². The van der Waals surface area contributed by atoms with E-state index in [0.717, 1.165) is 24.0 Å². The summed E-state index contributed by atoms with van der Waals surface area (Å²) in [5, 5.41) is 12.3. The molecule has 184 valence electrons. The number of nitrogens with one attached hydrogen (secondary N) is 1. The molecule has 0 unspecified atom stereocenters. The van der Waals surface area contributed by atoms with E-state index >= 15 is 0 Å². The molecule has 2 saturated heterocycles. The molecule has 7 nitrogen and oxygen atoms in total. The van der Waals surface area contributed by atoms with Crippen LogP contribution in [-0.2, 0) is 14.3 Å². The highest BCUT2D eigenvalue weighted by atomic mass is 16.5. The Balaban J connectivity index is 1.14. The Morgan fingerprint density at radius 1 is 1.03 bits per heavy atom. The maximum atomic E-state index is 13.3. The molecule has 2 bridgehead atoms. The van der Waals surface area contributed by atoms with Crippen LogP contribution in [0.2, 0.25) is 0 Å². The van der Waals surface area contributed by atoms with Crippen LogP contribution in [0.3, 0.4) is 0 Å². The van der Waals surface area contributed by atoms with Crippen molar-refractivity contribution in [1.29, 1.82) is 0 Å². The van der Waals surface area contributed by atoms with Gasteiger partial charge in [0, 0.05) is 30.0 Å². The second-order valence-corrected chi connectivity index (χ2v) is 10.6. The van der Waals surface area contributed by atoms with Crippen molar-refractivity contribution in [3.8, 4) is 11.1 Å². The van der Waals surface area contributed by atoms with Crippen LogP contribution in [0.5, 0.6) is 0 Å². The van der Waals surface area contributed by atoms with E-state index in [1.54, 1.807) is 0 Å². The minimum atomic E-state index is -0.815. The summed E-state index contributed by atoms with van der Waals surface area (Å²) in [6, 6.07) is 16.2. The molecule has 2 heterocycles. The fourth-order valence-electron chi connectivity index (χ4n) is 6.15. The summed E-state index contributed by atoms with van der Waals surface area (Å²) < 4.78 is 5.59. The number of aliphatic carboxylic acids is 1. The Morgan fingerprint density at radius 3 is 2.26 bits per heavy atom. The summed E-state index contributed by atoms with van der Waals surface area (Å²) in [7, 11) is 0. The molecular formula is C28H32N2O5. The maximum Gasteiger partial charge on any atom is 0.407 e. The van der Waals surface area contributed by atoms with Crippen molar-refractivity contribution in [2.75, 3.05) is 13.2 Å². The summed E-state index contributed by atoms with van der Waals surface area (Å²) >= 11 is 0. The van der Waals surface area contributed by atoms with E-state index in [-0.39, 0.29) is 30.5 Å². The molecule has 0 saturated carbocycles. The molecule has 2 N–H and O–H groups in total. The maximum absolute atomic E-state index is 13.3. The number of nitrogens with zero attached hydrogens (tertiary/aromatic N) is 1. The molecule has 0 spiro atoms. The third-order valence-electron chi connectivity index (χ3n) is 8.03. The number of ether oxygens (including phenoxy) is 1. The first-order valence-electron chi connectivity index (χ1n) is 12.4. The number of carbonyl (C=O) groups is 3. The number of hydrogen-bond donors (Lipinski definition) is 2. The predicted octanol–water partition coefficient (Wildman–Crippen LogP) is 4.41. The van der Waals surface area contributed by atoms with Gasteiger partial charge in [-0.05, 0) is 47.9 Å². The van der Waals surface area contributed by atoms with Crippen molar-refractivity contribution >= 4 is 18.0 Å². The molecule has 3 atom stereocenters. The van der Waals surface area contributed by atoms with Crippen LogP contribution in [0, 0.1) is 11.3 Å². The van der Waals surface area contributed by atoms with Gasteiger partial charge >= 0.3 is 12.1 Å². The van der Waals surface area contributed by atoms with Crippen molar-refractivity contribution in [3.63, 3.8) is 0 Å². The van der Waals surface area contributed by atoms with Gasteiger partial charge in [-0.1, -0.05) is 62.4 Å². The van der Waals surface area contributed by atoms with Crippen LogP contribution in [0.1, 0.15) is 56.6 Å². The molecule has 2 fully saturated rings. The normalized spacial score (nSPS) is 22.6. The molecule has 5 rings (SSSR count). The fourth-order valence-corrected chi connectivity index (χ4v) is 6.15. The molecule has 2 aromatic rings. The van der Waals surface area contributed by atoms with Gasteiger partial charge in [-0.15, -0.1) is 0 Å². The Morgan fingerprint density at radius 2 is 1.66 bits per heavy atom. The number of fused-ring (bicyclic) bond motifs is 5. The number of alkyl carbamates (subject to hydrolysis) is 1. The smallest absolute Gasteiger partial charge is 0.407 e. The van der Waals surface area contributed by atoms with Crippen molar-refractivity contribution < 1.29 is 24.2 Å². The van der Waals surface area contributed by atoms with Crippen LogP contribution in [0.4, 0.5) is 4.79 Å². The standard InChI is InChI=1S/C28H32N2O5/c1-28(2,26(33)30-17-11-12-24(30)22(15-17)25(31)32)13-14-29-27(34)35-16-23-20-9-5-3-7-18(20)19-8-4-6-10-21(19)23/h3-10,17,22-24H,11-16H2,1-2H3,(H,29,34)(H,31,32)/t17-,22+,24+/m1/s1. The van der Waals surface area contributed by atoms with Gasteiger partial charge < -0.3 is 20.1 Å². The summed E-state index contributed by atoms with van der Waals surface area (Å²) in [6.45, 7) is 4.28. The Bertz CT molecular complexity index is 1110. The largest absolute Gasteiger partial charge is 0.481 e. The molecule has 3 aliphatic rings. The summed E-state index contributed by atoms with van der Waals surface area (Å²) in [5.41, 5.74) is 3.98. The first-order valence-corrected chi connectivity index (χ1v) is 12.4. The number of rotatable bonds is 7. The average molecular weight is 477 g/mol. The predicted molar refractivity (Wildman–Crippen MR) is 131 cm³/mol. The fraction of sp³-hybridized carbons (Fsp3) is 0.464. The van der Waals surface area contributed by atoms with Gasteiger partial charge in [0.15, 0.2) is 0 Å². The zero-order chi connectivity index (χ0) is 24.7. The van der Waals surface area contributed by atoms with Gasteiger partial charge in [0.25, 0.3) is 0 Å². The lowest BCUT2D eigenvalue weighted by molar-refractivity contribution is -0.145. The van der Waals surface area contributed by atoms with Crippen molar-refractivity contribution in [2.45, 2.75) is 57.5 Å². The highest BCUT2D eigenvalue weighted by Crippen LogP contribution is 2.45. The number of hydrogen-bond acceptors (Lipinski definition) is 4. The second-order valence-electron chi connectivity index (χ2n) is 10.6. The topological polar surface area (TPSA) is 95.9 Å². The molecule has 2 aromatic carbocycles. The zero-order valence-electron chi connectivity index (χ0n) is 20.2. The van der Waals surface area contributed by atoms with Gasteiger partial charge in [-0.2, -0.15) is 0 Å². The Labute approximate surface area is 205 Å². The third kappa shape index (κ3) is 4.17. The molecule has 2 aliphatic heterocycles. The van der Waals surface area contributed by atoms with Gasteiger partial charge in [0.1, 0.15) is 6.61 Å². The Hall–Kier alpha value is -3.35. The quantitative estimate of drug-likeness (QED) is 0.617. The molecule has 2 amide bonds. The van der Waals surface area contributed by atoms with Crippen LogP contribution in [-0.4, -0.2) is 53.2 Å². The van der Waals surface area contributed by atoms with E-state index in [2.05, 4.69) is 29.6 Å². The molecule has 7 heteroatoms. The van der Waals surface area contributed by atoms with Gasteiger partial charge in [0.2, 0.25) is 5.91 Å². The number of carbonyl (C=O) groups excluding carboxylic acids is 2. The lowest BCUT2D eigenvalue weighted by atomic mass is 9.87. The minimum absolute atomic E-state index is 0.000934. The zero-order valence-corrected chi connectivity index (χ0v) is 20.2. The van der Waals surface area contributed by atoms with Crippen molar-refractivity contribution in [1.82, 2.24) is 10.2 Å². The SMILES string of the molecule is CC(C)(CCNC(=O)OCC1c2ccccc2-c2ccccc21)C(=O)N1[C@@H]2CC[C@H]1[C@@H](C(=O)O)C2. The number of amides is 2. The lowest BCUT2D eigenvalue weighted by Gasteiger charge is -2.32. The molecular weight excluding hydrogens is 444 g/mol. The first-order chi connectivity index (χ1) is 16.8. The van der Waals surface area contributed by atoms with Gasteiger partial charge in [-0.25, -0.2) is 4.79 Å². The van der Waals surface area contributed by atoms with E-state index in [9.17, 15) is 19.5 Å². The van der Waals surface area contributed by atoms with Crippen LogP contribution in [0.25, 0.3) is 11.1 Å². The first kappa shape index (κ1) is 23.4. The molecule has 1 aliphatic carbocycles. The summed E-state index contributed by atoms with van der Waals surface area (Å²) in [4.78, 5) is 39.1. The van der Waals surface area contributed by atoms with Crippen LogP contribution < -0.4 is 5.32 Å². The number of carboxylic acid groups (broad SMARTS) is 1. The number of benzene rings is 2.